The van der Waals surface area contributed by atoms with Crippen molar-refractivity contribution in [2.45, 2.75) is 0 Å². The lowest BCUT2D eigenvalue weighted by Gasteiger charge is -2.08. The van der Waals surface area contributed by atoms with E-state index in [-0.39, 0.29) is 12.3 Å². The van der Waals surface area contributed by atoms with E-state index in [0.29, 0.717) is 22.8 Å². The van der Waals surface area contributed by atoms with E-state index in [2.05, 4.69) is 21.4 Å². The van der Waals surface area contributed by atoms with Gasteiger partial charge in [-0.05, 0) is 48.0 Å². The van der Waals surface area contributed by atoms with Gasteiger partial charge in [0.25, 0.3) is 11.6 Å². The van der Waals surface area contributed by atoms with E-state index in [1.807, 2.05) is 24.3 Å². The van der Waals surface area contributed by atoms with Crippen LogP contribution in [-0.2, 0) is 4.79 Å². The second-order valence-electron chi connectivity index (χ2n) is 6.98. The Morgan fingerprint density at radius 2 is 1.85 bits per heavy atom. The van der Waals surface area contributed by atoms with Crippen molar-refractivity contribution in [2.24, 2.45) is 0 Å². The van der Waals surface area contributed by atoms with E-state index in [4.69, 9.17) is 4.74 Å². The summed E-state index contributed by atoms with van der Waals surface area (Å²) >= 11 is 0. The molecule has 2 N–H and O–H groups in total. The number of aromatic nitrogens is 2. The van der Waals surface area contributed by atoms with Gasteiger partial charge in [-0.25, -0.2) is 4.98 Å². The van der Waals surface area contributed by atoms with Crippen molar-refractivity contribution < 1.29 is 14.5 Å². The Morgan fingerprint density at radius 1 is 1.12 bits per heavy atom. The number of non-ortho nitro benzene ring substituents is 1. The van der Waals surface area contributed by atoms with Gasteiger partial charge in [0.2, 0.25) is 0 Å². The number of hydrogen-bond donors (Lipinski definition) is 2. The molecule has 9 heteroatoms. The van der Waals surface area contributed by atoms with E-state index in [9.17, 15) is 20.2 Å². The van der Waals surface area contributed by atoms with Crippen LogP contribution in [0.4, 0.5) is 11.4 Å². The van der Waals surface area contributed by atoms with Gasteiger partial charge in [0.1, 0.15) is 17.6 Å². The first-order chi connectivity index (χ1) is 16.0. The van der Waals surface area contributed by atoms with Crippen LogP contribution < -0.4 is 10.1 Å². The number of imidazole rings is 1. The molecule has 0 aliphatic carbocycles. The molecule has 0 aliphatic heterocycles. The first-order valence-corrected chi connectivity index (χ1v) is 9.86. The van der Waals surface area contributed by atoms with E-state index in [1.165, 1.54) is 24.3 Å². The minimum absolute atomic E-state index is 0.0572. The number of allylic oxidation sites excluding steroid dienone is 1. The number of fused-ring (bicyclic) bond motifs is 1. The zero-order valence-corrected chi connectivity index (χ0v) is 17.2. The number of para-hydroxylation sites is 2. The average molecular weight is 439 g/mol. The summed E-state index contributed by atoms with van der Waals surface area (Å²) in [6, 6.07) is 22.1. The standard InChI is InChI=1S/C24H17N5O4/c25-14-17(24-27-21-3-1-2-4-22(21)28-24)13-16-5-11-20(12-6-16)33-15-23(30)26-18-7-9-19(10-8-18)29(31)32/h1-13H,15H2,(H,26,30)(H,27,28). The Hall–Kier alpha value is -4.97. The van der Waals surface area contributed by atoms with Crippen LogP contribution >= 0.6 is 0 Å². The summed E-state index contributed by atoms with van der Waals surface area (Å²) in [6.07, 6.45) is 1.71. The number of ether oxygens (including phenoxy) is 1. The number of amides is 1. The van der Waals surface area contributed by atoms with Crippen LogP contribution in [0.1, 0.15) is 11.4 Å². The average Bonchev–Trinajstić information content (AvgIpc) is 3.26. The molecule has 0 unspecified atom stereocenters. The number of H-pyrrole nitrogens is 1. The summed E-state index contributed by atoms with van der Waals surface area (Å²) in [6.45, 7) is -0.228. The number of hydrogen-bond acceptors (Lipinski definition) is 6. The molecule has 1 amide bonds. The molecule has 0 saturated carbocycles. The van der Waals surface area contributed by atoms with Crippen LogP contribution in [0.3, 0.4) is 0 Å². The van der Waals surface area contributed by atoms with Crippen molar-refractivity contribution in [2.75, 3.05) is 11.9 Å². The van der Waals surface area contributed by atoms with Gasteiger partial charge in [0.15, 0.2) is 6.61 Å². The van der Waals surface area contributed by atoms with E-state index < -0.39 is 10.8 Å². The maximum absolute atomic E-state index is 12.1. The molecule has 1 aromatic heterocycles. The van der Waals surface area contributed by atoms with Crippen LogP contribution in [0.25, 0.3) is 22.7 Å². The fourth-order valence-electron chi connectivity index (χ4n) is 3.07. The highest BCUT2D eigenvalue weighted by molar-refractivity contribution is 5.92. The lowest BCUT2D eigenvalue weighted by Crippen LogP contribution is -2.20. The number of carbonyl (C=O) groups excluding carboxylic acids is 1. The summed E-state index contributed by atoms with van der Waals surface area (Å²) in [5, 5.41) is 22.8. The topological polar surface area (TPSA) is 134 Å². The van der Waals surface area contributed by atoms with Gasteiger partial charge in [-0.2, -0.15) is 5.26 Å². The Bertz CT molecular complexity index is 1350. The van der Waals surface area contributed by atoms with E-state index in [0.717, 1.165) is 16.6 Å². The Balaban J connectivity index is 1.37. The maximum Gasteiger partial charge on any atom is 0.269 e. The molecule has 4 aromatic rings. The summed E-state index contributed by atoms with van der Waals surface area (Å²) in [4.78, 5) is 29.8. The summed E-state index contributed by atoms with van der Waals surface area (Å²) in [7, 11) is 0. The fourth-order valence-corrected chi connectivity index (χ4v) is 3.07. The maximum atomic E-state index is 12.1. The first-order valence-electron chi connectivity index (χ1n) is 9.86. The molecule has 0 saturated heterocycles. The monoisotopic (exact) mass is 439 g/mol. The number of carbonyl (C=O) groups is 1. The third-order valence-corrected chi connectivity index (χ3v) is 4.69. The van der Waals surface area contributed by atoms with Crippen molar-refractivity contribution in [3.8, 4) is 11.8 Å². The van der Waals surface area contributed by atoms with Gasteiger partial charge in [-0.1, -0.05) is 24.3 Å². The SMILES string of the molecule is N#CC(=Cc1ccc(OCC(=O)Nc2ccc([N+](=O)[O-])cc2)cc1)c1nc2ccccc2[nH]1. The highest BCUT2D eigenvalue weighted by Gasteiger charge is 2.09. The molecule has 0 fully saturated rings. The van der Waals surface area contributed by atoms with Crippen molar-refractivity contribution in [1.29, 1.82) is 5.26 Å². The molecular weight excluding hydrogens is 422 g/mol. The first kappa shape index (κ1) is 21.3. The number of nitro benzene ring substituents is 1. The Labute approximate surface area is 188 Å². The molecule has 0 spiro atoms. The number of benzene rings is 3. The predicted molar refractivity (Wildman–Crippen MR) is 123 cm³/mol. The summed E-state index contributed by atoms with van der Waals surface area (Å²) in [5.74, 6) is 0.569. The summed E-state index contributed by atoms with van der Waals surface area (Å²) in [5.41, 5.74) is 3.17. The number of aromatic amines is 1. The van der Waals surface area contributed by atoms with Gasteiger partial charge in [-0.15, -0.1) is 0 Å². The second-order valence-corrected chi connectivity index (χ2v) is 6.98. The van der Waals surface area contributed by atoms with E-state index in [1.54, 1.807) is 30.3 Å². The van der Waals surface area contributed by atoms with Crippen molar-refractivity contribution in [3.63, 3.8) is 0 Å². The molecule has 4 rings (SSSR count). The second kappa shape index (κ2) is 9.45. The van der Waals surface area contributed by atoms with Gasteiger partial charge >= 0.3 is 0 Å². The smallest absolute Gasteiger partial charge is 0.269 e. The number of rotatable bonds is 7. The number of nitriles is 1. The molecule has 0 aliphatic rings. The highest BCUT2D eigenvalue weighted by atomic mass is 16.6. The van der Waals surface area contributed by atoms with E-state index >= 15 is 0 Å². The molecule has 162 valence electrons. The molecule has 0 radical (unpaired) electrons. The molecule has 0 atom stereocenters. The number of nitrogens with zero attached hydrogens (tertiary/aromatic N) is 3. The quantitative estimate of drug-likeness (QED) is 0.246. The Morgan fingerprint density at radius 3 is 2.52 bits per heavy atom. The highest BCUT2D eigenvalue weighted by Crippen LogP contribution is 2.21. The zero-order chi connectivity index (χ0) is 23.2. The number of nitrogens with one attached hydrogen (secondary N) is 2. The van der Waals surface area contributed by atoms with Gasteiger partial charge < -0.3 is 15.0 Å². The van der Waals surface area contributed by atoms with Crippen LogP contribution in [0, 0.1) is 21.4 Å². The van der Waals surface area contributed by atoms with Crippen molar-refractivity contribution in [1.82, 2.24) is 9.97 Å². The largest absolute Gasteiger partial charge is 0.484 e. The normalized spacial score (nSPS) is 11.1. The van der Waals surface area contributed by atoms with Crippen LogP contribution in [-0.4, -0.2) is 27.4 Å². The fraction of sp³-hybridized carbons (Fsp3) is 0.0417. The van der Waals surface area contributed by atoms with Crippen LogP contribution in [0.15, 0.2) is 72.8 Å². The molecule has 0 bridgehead atoms. The van der Waals surface area contributed by atoms with Gasteiger partial charge in [0, 0.05) is 17.8 Å². The minimum atomic E-state index is -0.510. The Kier molecular flexibility index (Phi) is 6.09. The molecule has 3 aromatic carbocycles. The summed E-state index contributed by atoms with van der Waals surface area (Å²) < 4.78 is 5.49. The minimum Gasteiger partial charge on any atom is -0.484 e. The lowest BCUT2D eigenvalue weighted by molar-refractivity contribution is -0.384. The molecule has 1 heterocycles. The molecule has 33 heavy (non-hydrogen) atoms. The molecule has 9 nitrogen and oxygen atoms in total. The van der Waals surface area contributed by atoms with Gasteiger partial charge in [0.05, 0.1) is 21.5 Å². The van der Waals surface area contributed by atoms with Gasteiger partial charge in [-0.3, -0.25) is 14.9 Å². The van der Waals surface area contributed by atoms with Crippen LogP contribution in [0.5, 0.6) is 5.75 Å². The lowest BCUT2D eigenvalue weighted by atomic mass is 10.1. The third-order valence-electron chi connectivity index (χ3n) is 4.69. The van der Waals surface area contributed by atoms with Crippen molar-refractivity contribution >= 4 is 40.0 Å². The predicted octanol–water partition coefficient (Wildman–Crippen LogP) is 4.55. The van der Waals surface area contributed by atoms with Crippen molar-refractivity contribution in [3.05, 3.63) is 94.3 Å². The number of anilines is 1. The third kappa shape index (κ3) is 5.21. The van der Waals surface area contributed by atoms with Crippen LogP contribution in [0.2, 0.25) is 0 Å². The molecular formula is C24H17N5O4. The zero-order valence-electron chi connectivity index (χ0n) is 17.2. The number of nitro groups is 1.